The van der Waals surface area contributed by atoms with Crippen molar-refractivity contribution >= 4 is 16.8 Å². The topological polar surface area (TPSA) is 54.3 Å². The molecule has 1 aromatic heterocycles. The van der Waals surface area contributed by atoms with Crippen molar-refractivity contribution in [3.05, 3.63) is 102 Å². The van der Waals surface area contributed by atoms with Crippen molar-refractivity contribution in [2.75, 3.05) is 6.54 Å². The van der Waals surface area contributed by atoms with E-state index < -0.39 is 0 Å². The minimum absolute atomic E-state index is 0.0519. The van der Waals surface area contributed by atoms with Crippen LogP contribution in [0.4, 0.5) is 0 Å². The summed E-state index contributed by atoms with van der Waals surface area (Å²) in [6.45, 7) is 1.45. The molecule has 0 aliphatic carbocycles. The Balaban J connectivity index is 1.35. The molecule has 2 N–H and O–H groups in total. The first kappa shape index (κ1) is 19.8. The highest BCUT2D eigenvalue weighted by Gasteiger charge is 2.09. The summed E-state index contributed by atoms with van der Waals surface area (Å²) in [6.07, 6.45) is 4.12. The van der Waals surface area contributed by atoms with Crippen molar-refractivity contribution in [1.82, 2.24) is 9.88 Å². The number of amides is 1. The van der Waals surface area contributed by atoms with Gasteiger partial charge in [-0.2, -0.15) is 0 Å². The number of nitrogens with one attached hydrogen (secondary N) is 1. The van der Waals surface area contributed by atoms with Crippen molar-refractivity contribution in [2.45, 2.75) is 25.8 Å². The fraction of sp³-hybridized carbons (Fsp3) is 0.192. The predicted octanol–water partition coefficient (Wildman–Crippen LogP) is 4.69. The lowest BCUT2D eigenvalue weighted by Gasteiger charge is -2.05. The predicted molar refractivity (Wildman–Crippen MR) is 121 cm³/mol. The van der Waals surface area contributed by atoms with Gasteiger partial charge >= 0.3 is 0 Å². The number of phenols is 1. The second-order valence-electron chi connectivity index (χ2n) is 7.55. The molecule has 0 unspecified atom stereocenters. The fourth-order valence-electron chi connectivity index (χ4n) is 3.78. The first-order valence-electron chi connectivity index (χ1n) is 10.3. The Morgan fingerprint density at radius 3 is 2.37 bits per heavy atom. The number of hydrogen-bond donors (Lipinski definition) is 2. The zero-order valence-corrected chi connectivity index (χ0v) is 16.9. The van der Waals surface area contributed by atoms with Gasteiger partial charge in [-0.05, 0) is 47.7 Å². The van der Waals surface area contributed by atoms with Gasteiger partial charge in [-0.1, -0.05) is 60.7 Å². The highest BCUT2D eigenvalue weighted by Crippen LogP contribution is 2.23. The van der Waals surface area contributed by atoms with Gasteiger partial charge in [0.05, 0.1) is 0 Å². The molecule has 3 aromatic carbocycles. The van der Waals surface area contributed by atoms with Gasteiger partial charge in [-0.25, -0.2) is 0 Å². The summed E-state index contributed by atoms with van der Waals surface area (Å²) in [5.74, 6) is 0.297. The van der Waals surface area contributed by atoms with Crippen LogP contribution in [-0.2, 0) is 24.2 Å². The third-order valence-electron chi connectivity index (χ3n) is 5.36. The van der Waals surface area contributed by atoms with E-state index >= 15 is 0 Å². The number of aryl methyl sites for hydroxylation is 1. The van der Waals surface area contributed by atoms with Gasteiger partial charge in [-0.15, -0.1) is 0 Å². The van der Waals surface area contributed by atoms with Crippen molar-refractivity contribution in [1.29, 1.82) is 0 Å². The van der Waals surface area contributed by atoms with Crippen molar-refractivity contribution < 1.29 is 9.90 Å². The Labute approximate surface area is 176 Å². The normalized spacial score (nSPS) is 10.9. The molecular formula is C26H26N2O2. The molecule has 0 aliphatic heterocycles. The van der Waals surface area contributed by atoms with Gasteiger partial charge in [0.15, 0.2) is 0 Å². The van der Waals surface area contributed by atoms with Crippen molar-refractivity contribution in [2.24, 2.45) is 0 Å². The summed E-state index contributed by atoms with van der Waals surface area (Å²) in [5, 5.41) is 13.6. The maximum Gasteiger partial charge on any atom is 0.220 e. The Morgan fingerprint density at radius 2 is 1.57 bits per heavy atom. The van der Waals surface area contributed by atoms with Gasteiger partial charge in [-0.3, -0.25) is 4.79 Å². The number of para-hydroxylation sites is 1. The molecule has 30 heavy (non-hydrogen) atoms. The van der Waals surface area contributed by atoms with E-state index in [0.29, 0.717) is 19.4 Å². The maximum atomic E-state index is 12.2. The monoisotopic (exact) mass is 398 g/mol. The fourth-order valence-corrected chi connectivity index (χ4v) is 3.78. The smallest absolute Gasteiger partial charge is 0.220 e. The summed E-state index contributed by atoms with van der Waals surface area (Å²) in [6, 6.07) is 25.9. The number of carbonyl (C=O) groups is 1. The van der Waals surface area contributed by atoms with E-state index in [2.05, 4.69) is 64.6 Å². The molecule has 4 nitrogen and oxygen atoms in total. The molecule has 0 spiro atoms. The van der Waals surface area contributed by atoms with Crippen LogP contribution in [0.15, 0.2) is 85.1 Å². The third kappa shape index (κ3) is 4.90. The van der Waals surface area contributed by atoms with E-state index in [9.17, 15) is 9.90 Å². The average Bonchev–Trinajstić information content (AvgIpc) is 3.12. The van der Waals surface area contributed by atoms with E-state index in [1.165, 1.54) is 22.0 Å². The number of aromatic nitrogens is 1. The molecule has 0 bridgehead atoms. The highest BCUT2D eigenvalue weighted by atomic mass is 16.3. The molecule has 0 atom stereocenters. The standard InChI is InChI=1S/C26H26N2O2/c29-23-13-10-20(11-14-23)12-15-26(30)27-17-16-22-19-28(18-21-6-2-1-3-7-21)25-9-5-4-8-24(22)25/h1-11,13-14,19,29H,12,15-18H2,(H,27,30). The zero-order chi connectivity index (χ0) is 20.8. The van der Waals surface area contributed by atoms with E-state index in [1.54, 1.807) is 12.1 Å². The number of fused-ring (bicyclic) bond motifs is 1. The van der Waals surface area contributed by atoms with Crippen LogP contribution >= 0.6 is 0 Å². The quantitative estimate of drug-likeness (QED) is 0.453. The largest absolute Gasteiger partial charge is 0.508 e. The maximum absolute atomic E-state index is 12.2. The van der Waals surface area contributed by atoms with Gasteiger partial charge in [0.25, 0.3) is 0 Å². The number of carbonyl (C=O) groups excluding carboxylic acids is 1. The summed E-state index contributed by atoms with van der Waals surface area (Å²) in [7, 11) is 0. The lowest BCUT2D eigenvalue weighted by molar-refractivity contribution is -0.121. The van der Waals surface area contributed by atoms with E-state index in [0.717, 1.165) is 18.5 Å². The molecular weight excluding hydrogens is 372 g/mol. The number of benzene rings is 3. The van der Waals surface area contributed by atoms with Gasteiger partial charge in [0, 0.05) is 36.6 Å². The highest BCUT2D eigenvalue weighted by molar-refractivity contribution is 5.84. The number of aromatic hydroxyl groups is 1. The molecule has 0 saturated carbocycles. The van der Waals surface area contributed by atoms with Crippen LogP contribution in [0.1, 0.15) is 23.1 Å². The lowest BCUT2D eigenvalue weighted by Crippen LogP contribution is -2.25. The SMILES string of the molecule is O=C(CCc1ccc(O)cc1)NCCc1cn(Cc2ccccc2)c2ccccc12. The first-order chi connectivity index (χ1) is 14.7. The first-order valence-corrected chi connectivity index (χ1v) is 10.3. The second kappa shape index (κ2) is 9.31. The third-order valence-corrected chi connectivity index (χ3v) is 5.36. The molecule has 152 valence electrons. The molecule has 0 saturated heterocycles. The number of phenolic OH excluding ortho intramolecular Hbond substituents is 1. The minimum atomic E-state index is 0.0519. The Hall–Kier alpha value is -3.53. The van der Waals surface area contributed by atoms with Crippen molar-refractivity contribution in [3.8, 4) is 5.75 Å². The molecule has 4 heteroatoms. The summed E-state index contributed by atoms with van der Waals surface area (Å²) < 4.78 is 2.28. The van der Waals surface area contributed by atoms with Crippen LogP contribution in [0, 0.1) is 0 Å². The second-order valence-corrected chi connectivity index (χ2v) is 7.55. The molecule has 4 rings (SSSR count). The van der Waals surface area contributed by atoms with E-state index in [1.807, 2.05) is 18.2 Å². The molecule has 0 fully saturated rings. The average molecular weight is 399 g/mol. The van der Waals surface area contributed by atoms with E-state index in [-0.39, 0.29) is 11.7 Å². The van der Waals surface area contributed by atoms with Crippen LogP contribution in [0.3, 0.4) is 0 Å². The molecule has 0 radical (unpaired) electrons. The molecule has 0 aliphatic rings. The summed E-state index contributed by atoms with van der Waals surface area (Å²) in [4.78, 5) is 12.2. The van der Waals surface area contributed by atoms with Gasteiger partial charge in [0.1, 0.15) is 5.75 Å². The van der Waals surface area contributed by atoms with Crippen LogP contribution < -0.4 is 5.32 Å². The Bertz CT molecular complexity index is 1110. The van der Waals surface area contributed by atoms with Gasteiger partial charge < -0.3 is 15.0 Å². The number of rotatable bonds is 8. The van der Waals surface area contributed by atoms with E-state index in [4.69, 9.17) is 0 Å². The zero-order valence-electron chi connectivity index (χ0n) is 16.9. The lowest BCUT2D eigenvalue weighted by atomic mass is 10.1. The molecule has 1 amide bonds. The number of hydrogen-bond acceptors (Lipinski definition) is 2. The Kier molecular flexibility index (Phi) is 6.14. The summed E-state index contributed by atoms with van der Waals surface area (Å²) in [5.41, 5.74) is 4.79. The van der Waals surface area contributed by atoms with Crippen molar-refractivity contribution in [3.63, 3.8) is 0 Å². The van der Waals surface area contributed by atoms with Gasteiger partial charge in [0.2, 0.25) is 5.91 Å². The van der Waals surface area contributed by atoms with Crippen LogP contribution in [0.25, 0.3) is 10.9 Å². The molecule has 4 aromatic rings. The minimum Gasteiger partial charge on any atom is -0.508 e. The Morgan fingerprint density at radius 1 is 0.833 bits per heavy atom. The van der Waals surface area contributed by atoms with Crippen LogP contribution in [0.5, 0.6) is 5.75 Å². The number of nitrogens with zero attached hydrogens (tertiary/aromatic N) is 1. The van der Waals surface area contributed by atoms with Crippen LogP contribution in [0.2, 0.25) is 0 Å². The molecule has 1 heterocycles. The van der Waals surface area contributed by atoms with Crippen LogP contribution in [-0.4, -0.2) is 22.1 Å². The summed E-state index contributed by atoms with van der Waals surface area (Å²) >= 11 is 0.